The summed E-state index contributed by atoms with van der Waals surface area (Å²) >= 11 is 6.16. The fraction of sp³-hybridized carbons (Fsp3) is 0.286. The maximum atomic E-state index is 11.0. The van der Waals surface area contributed by atoms with Crippen molar-refractivity contribution in [3.8, 4) is 6.07 Å². The number of halogens is 1. The van der Waals surface area contributed by atoms with Gasteiger partial charge in [0.05, 0.1) is 11.4 Å². The molecule has 0 saturated carbocycles. The second kappa shape index (κ2) is 7.41. The lowest BCUT2D eigenvalue weighted by molar-refractivity contribution is 0.0689. The Balaban J connectivity index is 3.26. The third-order valence-electron chi connectivity index (χ3n) is 2.85. The van der Waals surface area contributed by atoms with E-state index in [0.717, 1.165) is 0 Å². The molecular formula is C14H15ClN4O2. The number of alkyl halides is 1. The molecule has 1 unspecified atom stereocenters. The summed E-state index contributed by atoms with van der Waals surface area (Å²) in [6.07, 6.45) is 3.60. The van der Waals surface area contributed by atoms with Crippen LogP contribution in [0.4, 0.5) is 0 Å². The van der Waals surface area contributed by atoms with Gasteiger partial charge < -0.3 is 5.11 Å². The number of carboxylic acid groups (broad SMARTS) is 1. The van der Waals surface area contributed by atoms with Crippen LogP contribution in [-0.2, 0) is 0 Å². The molecule has 0 radical (unpaired) electrons. The van der Waals surface area contributed by atoms with Gasteiger partial charge in [0.15, 0.2) is 5.69 Å². The van der Waals surface area contributed by atoms with Crippen LogP contribution in [0.25, 0.3) is 0 Å². The highest BCUT2D eigenvalue weighted by molar-refractivity contribution is 6.20. The zero-order chi connectivity index (χ0) is 16.0. The maximum Gasteiger partial charge on any atom is 0.356 e. The molecule has 110 valence electrons. The minimum absolute atomic E-state index is 0.131. The molecule has 1 rings (SSSR count). The lowest BCUT2D eigenvalue weighted by atomic mass is 10.1. The van der Waals surface area contributed by atoms with E-state index in [1.807, 2.05) is 6.07 Å². The highest BCUT2D eigenvalue weighted by Crippen LogP contribution is 2.26. The summed E-state index contributed by atoms with van der Waals surface area (Å²) in [5.74, 6) is -1.20. The van der Waals surface area contributed by atoms with E-state index in [2.05, 4.69) is 23.4 Å². The molecule has 6 nitrogen and oxygen atoms in total. The molecule has 0 amide bonds. The van der Waals surface area contributed by atoms with E-state index >= 15 is 0 Å². The highest BCUT2D eigenvalue weighted by Gasteiger charge is 2.24. The number of carboxylic acids is 1. The van der Waals surface area contributed by atoms with Gasteiger partial charge in [-0.2, -0.15) is 10.4 Å². The standard InChI is InChI=1S/C14H15ClN4O2/c1-4-5-10(17-3)6-13(9(2)15)19-11(8-16)7-12(18-19)14(20)21/h4-5,7,9,13H,1,3,6H2,2H3,(H,20,21)/b10-5+/t9?,13-/m1/s1. The van der Waals surface area contributed by atoms with Gasteiger partial charge in [0.2, 0.25) is 0 Å². The van der Waals surface area contributed by atoms with Gasteiger partial charge in [0.1, 0.15) is 11.8 Å². The van der Waals surface area contributed by atoms with Crippen molar-refractivity contribution >= 4 is 24.3 Å². The van der Waals surface area contributed by atoms with Crippen molar-refractivity contribution in [3.63, 3.8) is 0 Å². The first-order chi connectivity index (χ1) is 9.94. The second-order valence-electron chi connectivity index (χ2n) is 4.28. The van der Waals surface area contributed by atoms with Crippen LogP contribution in [-0.4, -0.2) is 33.0 Å². The Morgan fingerprint density at radius 3 is 2.86 bits per heavy atom. The van der Waals surface area contributed by atoms with Gasteiger partial charge in [0.25, 0.3) is 0 Å². The number of aromatic carboxylic acids is 1. The molecule has 1 aromatic heterocycles. The SMILES string of the molecule is C=C/C=C(\C[C@H](C(C)Cl)n1nc(C(=O)O)cc1C#N)N=C. The van der Waals surface area contributed by atoms with Crippen LogP contribution in [0.2, 0.25) is 0 Å². The molecule has 0 aliphatic rings. The van der Waals surface area contributed by atoms with Gasteiger partial charge in [-0.05, 0) is 19.7 Å². The van der Waals surface area contributed by atoms with Crippen molar-refractivity contribution in [3.05, 3.63) is 41.9 Å². The van der Waals surface area contributed by atoms with E-state index in [0.29, 0.717) is 12.1 Å². The summed E-state index contributed by atoms with van der Waals surface area (Å²) in [4.78, 5) is 14.8. The van der Waals surface area contributed by atoms with Crippen molar-refractivity contribution < 1.29 is 9.90 Å². The highest BCUT2D eigenvalue weighted by atomic mass is 35.5. The predicted octanol–water partition coefficient (Wildman–Crippen LogP) is 2.78. The second-order valence-corrected chi connectivity index (χ2v) is 4.97. The van der Waals surface area contributed by atoms with Crippen LogP contribution in [0.5, 0.6) is 0 Å². The van der Waals surface area contributed by atoms with Crippen molar-refractivity contribution in [1.82, 2.24) is 9.78 Å². The van der Waals surface area contributed by atoms with Gasteiger partial charge in [0, 0.05) is 18.2 Å². The van der Waals surface area contributed by atoms with Crippen LogP contribution >= 0.6 is 11.6 Å². The van der Waals surface area contributed by atoms with Crippen LogP contribution in [0.1, 0.15) is 35.6 Å². The first kappa shape index (κ1) is 16.7. The zero-order valence-corrected chi connectivity index (χ0v) is 12.3. The minimum atomic E-state index is -1.20. The molecule has 0 fully saturated rings. The number of hydrogen-bond donors (Lipinski definition) is 1. The molecule has 7 heteroatoms. The van der Waals surface area contributed by atoms with Crippen molar-refractivity contribution in [2.75, 3.05) is 0 Å². The summed E-state index contributed by atoms with van der Waals surface area (Å²) in [5.41, 5.74) is 0.556. The molecule has 0 bridgehead atoms. The number of rotatable bonds is 7. The molecule has 0 aliphatic heterocycles. The van der Waals surface area contributed by atoms with Gasteiger partial charge in [-0.15, -0.1) is 11.6 Å². The van der Waals surface area contributed by atoms with E-state index in [9.17, 15) is 4.79 Å². The van der Waals surface area contributed by atoms with E-state index in [-0.39, 0.29) is 11.4 Å². The van der Waals surface area contributed by atoms with Gasteiger partial charge >= 0.3 is 5.97 Å². The summed E-state index contributed by atoms with van der Waals surface area (Å²) in [5, 5.41) is 21.7. The van der Waals surface area contributed by atoms with E-state index in [1.165, 1.54) is 10.7 Å². The van der Waals surface area contributed by atoms with E-state index in [1.54, 1.807) is 19.1 Å². The van der Waals surface area contributed by atoms with E-state index in [4.69, 9.17) is 22.0 Å². The molecule has 0 aromatic carbocycles. The number of carbonyl (C=O) groups is 1. The number of aromatic nitrogens is 2. The fourth-order valence-corrected chi connectivity index (χ4v) is 2.01. The Bertz CT molecular complexity index is 625. The Hall–Kier alpha value is -2.39. The minimum Gasteiger partial charge on any atom is -0.476 e. The number of nitriles is 1. The fourth-order valence-electron chi connectivity index (χ4n) is 1.81. The number of allylic oxidation sites excluding steroid dienone is 3. The number of aliphatic imine (C=N–C) groups is 1. The summed E-state index contributed by atoms with van der Waals surface area (Å²) < 4.78 is 1.32. The van der Waals surface area contributed by atoms with Crippen LogP contribution in [0.15, 0.2) is 35.5 Å². The van der Waals surface area contributed by atoms with Crippen molar-refractivity contribution in [2.45, 2.75) is 24.8 Å². The summed E-state index contributed by atoms with van der Waals surface area (Å²) in [7, 11) is 0. The zero-order valence-electron chi connectivity index (χ0n) is 11.5. The predicted molar refractivity (Wildman–Crippen MR) is 80.7 cm³/mol. The Labute approximate surface area is 127 Å². The summed E-state index contributed by atoms with van der Waals surface area (Å²) in [6, 6.07) is 2.71. The average Bonchev–Trinajstić information content (AvgIpc) is 2.87. The van der Waals surface area contributed by atoms with E-state index < -0.39 is 17.4 Å². The number of hydrogen-bond acceptors (Lipinski definition) is 4. The molecule has 0 aliphatic carbocycles. The maximum absolute atomic E-state index is 11.0. The first-order valence-corrected chi connectivity index (χ1v) is 6.53. The smallest absolute Gasteiger partial charge is 0.356 e. The molecular weight excluding hydrogens is 292 g/mol. The summed E-state index contributed by atoms with van der Waals surface area (Å²) in [6.45, 7) is 8.79. The number of nitrogens with zero attached hydrogens (tertiary/aromatic N) is 4. The van der Waals surface area contributed by atoms with Gasteiger partial charge in [-0.3, -0.25) is 4.99 Å². The largest absolute Gasteiger partial charge is 0.476 e. The molecule has 1 N–H and O–H groups in total. The van der Waals surface area contributed by atoms with Crippen molar-refractivity contribution in [1.29, 1.82) is 5.26 Å². The first-order valence-electron chi connectivity index (χ1n) is 6.09. The van der Waals surface area contributed by atoms with Crippen LogP contribution < -0.4 is 0 Å². The third-order valence-corrected chi connectivity index (χ3v) is 3.14. The Kier molecular flexibility index (Phi) is 5.88. The molecule has 2 atom stereocenters. The molecule has 21 heavy (non-hydrogen) atoms. The third kappa shape index (κ3) is 4.04. The quantitative estimate of drug-likeness (QED) is 0.476. The molecule has 0 saturated heterocycles. The van der Waals surface area contributed by atoms with Crippen molar-refractivity contribution in [2.24, 2.45) is 4.99 Å². The Morgan fingerprint density at radius 2 is 2.43 bits per heavy atom. The molecule has 1 aromatic rings. The van der Waals surface area contributed by atoms with Crippen LogP contribution in [0, 0.1) is 11.3 Å². The van der Waals surface area contributed by atoms with Gasteiger partial charge in [-0.25, -0.2) is 9.48 Å². The lowest BCUT2D eigenvalue weighted by Crippen LogP contribution is -2.21. The molecule has 1 heterocycles. The normalized spacial score (nSPS) is 14.0. The van der Waals surface area contributed by atoms with Crippen LogP contribution in [0.3, 0.4) is 0 Å². The average molecular weight is 307 g/mol. The topological polar surface area (TPSA) is 91.3 Å². The monoisotopic (exact) mass is 306 g/mol. The Morgan fingerprint density at radius 1 is 1.76 bits per heavy atom. The van der Waals surface area contributed by atoms with Gasteiger partial charge in [-0.1, -0.05) is 12.7 Å². The lowest BCUT2D eigenvalue weighted by Gasteiger charge is -2.20. The molecule has 0 spiro atoms.